The molecule has 0 N–H and O–H groups in total. The fourth-order valence-electron chi connectivity index (χ4n) is 4.49. The molecule has 1 amide bonds. The Morgan fingerprint density at radius 1 is 1.00 bits per heavy atom. The molecule has 5 aromatic rings. The van der Waals surface area contributed by atoms with Crippen molar-refractivity contribution in [2.75, 3.05) is 33.3 Å². The van der Waals surface area contributed by atoms with Gasteiger partial charge in [-0.05, 0) is 72.1 Å². The number of halogens is 5. The first-order valence-electron chi connectivity index (χ1n) is 27.9. The van der Waals surface area contributed by atoms with Crippen molar-refractivity contribution in [1.29, 1.82) is 0 Å². The van der Waals surface area contributed by atoms with Gasteiger partial charge in [-0.2, -0.15) is 13.2 Å². The normalized spacial score (nSPS) is 25.9. The summed E-state index contributed by atoms with van der Waals surface area (Å²) in [6.45, 7) is -15.6. The van der Waals surface area contributed by atoms with E-state index in [0.29, 0.717) is 6.92 Å². The SMILES string of the molecule is [2H]c1c([2H])c(F)c(F)c(CSc2c([2H])c(=O)c3c([2H])c([2H])c([2H])c([2H])c3n2CC(=O)N(C([2H])([2H])c2c([2H])c([2H])c(-c3c([2H])c([2H])c(C(F)(F)F)c([2H])c3[2H])c([2H])c2C)C2([2H])C([2H])([2H])C([2H])([2H])N(CCOC)C([2H])([2H])C2([2H])[2H])c1[2H]. The molecule has 1 aliphatic rings. The molecule has 53 heavy (non-hydrogen) atoms. The first-order chi connectivity index (χ1) is 35.9. The van der Waals surface area contributed by atoms with Crippen molar-refractivity contribution in [3.63, 3.8) is 0 Å². The number of piperidine rings is 1. The summed E-state index contributed by atoms with van der Waals surface area (Å²) in [4.78, 5) is 28.9. The minimum Gasteiger partial charge on any atom is -0.383 e. The zero-order valence-electron chi connectivity index (χ0n) is 53.2. The standard InChI is InChI=1S/C41H40F5N3O3S/c1-27-22-29(28-12-14-32(15-13-28)41(44,45)46)10-11-30(27)24-48(33-16-18-47(19-17-33)20-21-52-2)38(51)25-49-36-9-4-3-7-34(36)37(50)23-39(49)53-26-31-6-5-8-35(42)40(31)43/h3-15,22-23,33H,16-21,24-26H2,1-2H3/i3D,4D,5D,6D,7D,8D,9D,10D,11D,12D,13D,14D,15D,16D2,17D2,18D2,19D2,22D,23D,24D2,33D. The van der Waals surface area contributed by atoms with Crippen LogP contribution in [0.4, 0.5) is 22.0 Å². The quantitative estimate of drug-likeness (QED) is 0.0939. The molecule has 278 valence electrons. The number of ether oxygens (including phenoxy) is 1. The van der Waals surface area contributed by atoms with Gasteiger partial charge in [0.1, 0.15) is 6.54 Å². The van der Waals surface area contributed by atoms with E-state index in [1.165, 1.54) is 0 Å². The van der Waals surface area contributed by atoms with Crippen LogP contribution in [-0.2, 0) is 34.5 Å². The third-order valence-electron chi connectivity index (χ3n) is 7.11. The van der Waals surface area contributed by atoms with Crippen LogP contribution in [0.25, 0.3) is 22.0 Å². The largest absolute Gasteiger partial charge is 0.416 e. The monoisotopic (exact) mass is 775 g/mol. The number of aromatic nitrogens is 1. The zero-order chi connectivity index (χ0) is 60.6. The molecular weight excluding hydrogens is 710 g/mol. The van der Waals surface area contributed by atoms with E-state index in [1.807, 2.05) is 0 Å². The van der Waals surface area contributed by atoms with Crippen LogP contribution in [0.2, 0.25) is 0 Å². The molecule has 0 atom stereocenters. The van der Waals surface area contributed by atoms with E-state index in [4.69, 9.17) is 30.8 Å². The number of rotatable bonds is 12. The van der Waals surface area contributed by atoms with Gasteiger partial charge in [0.05, 0.1) is 47.4 Å². The second-order valence-electron chi connectivity index (χ2n) is 10.6. The van der Waals surface area contributed by atoms with Crippen LogP contribution >= 0.6 is 11.8 Å². The summed E-state index contributed by atoms with van der Waals surface area (Å²) in [6.07, 6.45) is -14.5. The number of amides is 1. The molecule has 1 fully saturated rings. The smallest absolute Gasteiger partial charge is 0.383 e. The molecule has 1 aliphatic heterocycles. The fraction of sp³-hybridized carbons (Fsp3) is 0.317. The topological polar surface area (TPSA) is 54.8 Å². The number of benzene rings is 4. The molecule has 0 bridgehead atoms. The minimum atomic E-state index is -5.52. The van der Waals surface area contributed by atoms with Gasteiger partial charge in [0.25, 0.3) is 0 Å². The summed E-state index contributed by atoms with van der Waals surface area (Å²) in [5.74, 6) is -7.33. The predicted octanol–water partition coefficient (Wildman–Crippen LogP) is 8.71. The molecule has 0 unspecified atom stereocenters. The lowest BCUT2D eigenvalue weighted by Gasteiger charge is -2.39. The number of thioether (sulfide) groups is 1. The third kappa shape index (κ3) is 9.00. The molecule has 0 radical (unpaired) electrons. The number of likely N-dealkylation sites (tertiary alicyclic amines) is 1. The number of alkyl halides is 3. The molecule has 1 aromatic heterocycles. The van der Waals surface area contributed by atoms with E-state index in [0.717, 1.165) is 7.11 Å². The lowest BCUT2D eigenvalue weighted by atomic mass is 9.97. The van der Waals surface area contributed by atoms with Gasteiger partial charge in [-0.1, -0.05) is 54.4 Å². The van der Waals surface area contributed by atoms with Crippen LogP contribution in [0.15, 0.2) is 100 Å². The number of nitrogens with zero attached hydrogens (tertiary/aromatic N) is 3. The summed E-state index contributed by atoms with van der Waals surface area (Å²) >= 11 is 0.000112. The maximum absolute atomic E-state index is 15.8. The van der Waals surface area contributed by atoms with Crippen LogP contribution in [0.5, 0.6) is 0 Å². The van der Waals surface area contributed by atoms with E-state index in [2.05, 4.69) is 0 Å². The van der Waals surface area contributed by atoms with Crippen LogP contribution in [-0.4, -0.2) is 59.5 Å². The van der Waals surface area contributed by atoms with Crippen LogP contribution in [0.3, 0.4) is 0 Å². The van der Waals surface area contributed by atoms with Crippen molar-refractivity contribution < 1.29 is 67.1 Å². The van der Waals surface area contributed by atoms with Gasteiger partial charge in [-0.3, -0.25) is 9.59 Å². The highest BCUT2D eigenvalue weighted by Crippen LogP contribution is 2.32. The number of methoxy groups -OCH3 is 1. The van der Waals surface area contributed by atoms with Gasteiger partial charge in [-0.15, -0.1) is 11.8 Å². The second-order valence-corrected chi connectivity index (χ2v) is 11.6. The van der Waals surface area contributed by atoms with Crippen molar-refractivity contribution in [1.82, 2.24) is 14.4 Å². The van der Waals surface area contributed by atoms with E-state index in [9.17, 15) is 32.0 Å². The van der Waals surface area contributed by atoms with Crippen LogP contribution in [0, 0.1) is 18.6 Å². The summed E-state index contributed by atoms with van der Waals surface area (Å²) in [5, 5.41) is -2.18. The average molecular weight is 776 g/mol. The Balaban J connectivity index is 1.78. The predicted molar refractivity (Wildman–Crippen MR) is 198 cm³/mol. The number of pyridine rings is 1. The number of carbonyl (C=O) groups is 1. The molecule has 0 saturated carbocycles. The molecule has 0 spiro atoms. The first kappa shape index (κ1) is 17.3. The molecule has 4 aromatic carbocycles. The summed E-state index contributed by atoms with van der Waals surface area (Å²) in [6, 6.07) is -25.7. The highest BCUT2D eigenvalue weighted by Gasteiger charge is 2.31. The van der Waals surface area contributed by atoms with Gasteiger partial charge >= 0.3 is 6.18 Å². The number of carbonyl (C=O) groups excluding carboxylic acids is 1. The van der Waals surface area contributed by atoms with Crippen molar-refractivity contribution >= 4 is 28.6 Å². The Morgan fingerprint density at radius 2 is 1.72 bits per heavy atom. The van der Waals surface area contributed by atoms with Gasteiger partial charge in [0.15, 0.2) is 17.1 Å². The Morgan fingerprint density at radius 3 is 2.43 bits per heavy atom. The molecule has 2 heterocycles. The molecule has 0 aliphatic carbocycles. The number of fused-ring (bicyclic) bond motifs is 1. The second kappa shape index (κ2) is 16.7. The first-order valence-corrected chi connectivity index (χ1v) is 15.9. The van der Waals surface area contributed by atoms with E-state index in [-0.39, 0.29) is 21.2 Å². The summed E-state index contributed by atoms with van der Waals surface area (Å²) in [5.41, 5.74) is -10.9. The molecule has 6 nitrogen and oxygen atoms in total. The average Bonchev–Trinajstić information content (AvgIpc) is 3.37. The summed E-state index contributed by atoms with van der Waals surface area (Å²) in [7, 11) is 1.02. The van der Waals surface area contributed by atoms with Crippen molar-refractivity contribution in [2.45, 2.75) is 55.7 Å². The number of para-hydroxylation sites is 1. The Labute approximate surface area is 345 Å². The van der Waals surface area contributed by atoms with Crippen LogP contribution in [0.1, 0.15) is 70.6 Å². The Bertz CT molecular complexity index is 3380. The Hall–Kier alpha value is -4.52. The number of hydrogen-bond donors (Lipinski definition) is 0. The van der Waals surface area contributed by atoms with Gasteiger partial charge in [-0.25, -0.2) is 8.78 Å². The lowest BCUT2D eigenvalue weighted by molar-refractivity contribution is -0.137. The molecule has 6 rings (SSSR count). The molecule has 12 heteroatoms. The molecule has 1 saturated heterocycles. The van der Waals surface area contributed by atoms with Gasteiger partial charge in [0.2, 0.25) is 5.91 Å². The van der Waals surface area contributed by atoms with Crippen molar-refractivity contribution in [2.24, 2.45) is 0 Å². The third-order valence-corrected chi connectivity index (χ3v) is 8.14. The van der Waals surface area contributed by atoms with Crippen LogP contribution < -0.4 is 5.43 Å². The maximum Gasteiger partial charge on any atom is 0.416 e. The van der Waals surface area contributed by atoms with Crippen molar-refractivity contribution in [3.8, 4) is 11.1 Å². The highest BCUT2D eigenvalue weighted by atomic mass is 32.2. The highest BCUT2D eigenvalue weighted by molar-refractivity contribution is 7.98. The zero-order valence-corrected chi connectivity index (χ0v) is 28.0. The minimum absolute atomic E-state index is 0.000112. The van der Waals surface area contributed by atoms with Gasteiger partial charge in [0, 0.05) is 72.9 Å². The maximum atomic E-state index is 15.8. The summed E-state index contributed by atoms with van der Waals surface area (Å²) < 4.78 is 307. The van der Waals surface area contributed by atoms with Crippen molar-refractivity contribution in [3.05, 3.63) is 135 Å². The number of hydrogen-bond acceptors (Lipinski definition) is 5. The van der Waals surface area contributed by atoms with E-state index < -0.39 is 238 Å². The van der Waals surface area contributed by atoms with E-state index >= 15 is 9.18 Å². The van der Waals surface area contributed by atoms with Gasteiger partial charge < -0.3 is 19.1 Å². The van der Waals surface area contributed by atoms with E-state index in [1.54, 1.807) is 0 Å². The molecular formula is C41H40F5N3O3S. The lowest BCUT2D eigenvalue weighted by Crippen LogP contribution is -2.48. The Kier molecular flexibility index (Phi) is 5.44. The fourth-order valence-corrected chi connectivity index (χ4v) is 5.45.